The van der Waals surface area contributed by atoms with Crippen LogP contribution < -0.4 is 20.1 Å². The molecule has 1 amide bonds. The van der Waals surface area contributed by atoms with E-state index in [1.54, 1.807) is 33.4 Å². The van der Waals surface area contributed by atoms with Crippen LogP contribution in [0.5, 0.6) is 11.5 Å². The molecule has 11 heteroatoms. The molecule has 1 saturated heterocycles. The number of Topliss-reactive ketones (excluding diaryl/α,β-unsaturated/α-hetero) is 1. The highest BCUT2D eigenvalue weighted by Crippen LogP contribution is 2.31. The van der Waals surface area contributed by atoms with Gasteiger partial charge in [-0.05, 0) is 59.0 Å². The number of ether oxygens (including phenoxy) is 2. The first-order valence-corrected chi connectivity index (χ1v) is 14.9. The summed E-state index contributed by atoms with van der Waals surface area (Å²) in [6.07, 6.45) is 5.64. The molecule has 11 nitrogen and oxygen atoms in total. The number of pyridine rings is 1. The number of benzene rings is 1. The third-order valence-electron chi connectivity index (χ3n) is 8.12. The van der Waals surface area contributed by atoms with Gasteiger partial charge in [0, 0.05) is 55.5 Å². The van der Waals surface area contributed by atoms with Gasteiger partial charge in [0.25, 0.3) is 5.91 Å². The van der Waals surface area contributed by atoms with Gasteiger partial charge in [0.05, 0.1) is 25.3 Å². The van der Waals surface area contributed by atoms with Crippen molar-refractivity contribution in [2.75, 3.05) is 52.0 Å². The second kappa shape index (κ2) is 14.0. The molecule has 232 valence electrons. The van der Waals surface area contributed by atoms with Crippen LogP contribution in [0.25, 0.3) is 11.0 Å². The first kappa shape index (κ1) is 31.9. The smallest absolute Gasteiger partial charge is 0.255 e. The molecular formula is C32H45N7O4. The van der Waals surface area contributed by atoms with E-state index < -0.39 is 0 Å². The van der Waals surface area contributed by atoms with E-state index in [1.807, 2.05) is 37.2 Å². The summed E-state index contributed by atoms with van der Waals surface area (Å²) in [5.41, 5.74) is 2.15. The Hall–Kier alpha value is -3.99. The number of carbonyl (C=O) groups is 2. The first-order chi connectivity index (χ1) is 20.6. The van der Waals surface area contributed by atoms with Gasteiger partial charge < -0.3 is 34.7 Å². The lowest BCUT2D eigenvalue weighted by atomic mass is 9.89. The molecule has 3 heterocycles. The standard InChI is InChI=1S/C32H45N7O4/c1-8-9-13-32(3,14-12-21(2)40)37-29-28-26(15-23(18-33-28)30(41)39-19-24(20-39)38(4)5)35-31(36-29)34-17-22-10-11-25(42-6)16-27(22)43-7/h10-11,15-16,18,24H,8-9,12-14,17,19-20H2,1-7H3,(H2,34,35,36,37)/t32-/m1/s1. The summed E-state index contributed by atoms with van der Waals surface area (Å²) < 4.78 is 10.9. The zero-order valence-corrected chi connectivity index (χ0v) is 26.5. The molecule has 0 spiro atoms. The Labute approximate surface area is 254 Å². The van der Waals surface area contributed by atoms with E-state index in [9.17, 15) is 9.59 Å². The fraction of sp³-hybridized carbons (Fsp3) is 0.531. The third kappa shape index (κ3) is 7.90. The number of likely N-dealkylation sites (tertiary alicyclic amines) is 1. The van der Waals surface area contributed by atoms with Crippen molar-refractivity contribution in [3.05, 3.63) is 41.6 Å². The van der Waals surface area contributed by atoms with Crippen LogP contribution in [0.15, 0.2) is 30.5 Å². The molecule has 1 atom stereocenters. The zero-order valence-electron chi connectivity index (χ0n) is 26.5. The van der Waals surface area contributed by atoms with Gasteiger partial charge in [-0.15, -0.1) is 0 Å². The van der Waals surface area contributed by atoms with Gasteiger partial charge in [-0.2, -0.15) is 4.98 Å². The maximum Gasteiger partial charge on any atom is 0.255 e. The summed E-state index contributed by atoms with van der Waals surface area (Å²) in [6.45, 7) is 7.67. The number of rotatable bonds is 15. The Morgan fingerprint density at radius 3 is 2.53 bits per heavy atom. The molecule has 1 aliphatic rings. The molecule has 4 rings (SSSR count). The van der Waals surface area contributed by atoms with Crippen molar-refractivity contribution in [3.8, 4) is 11.5 Å². The number of hydrogen-bond acceptors (Lipinski definition) is 10. The van der Waals surface area contributed by atoms with Crippen molar-refractivity contribution < 1.29 is 19.1 Å². The van der Waals surface area contributed by atoms with Crippen LogP contribution in [0.3, 0.4) is 0 Å². The van der Waals surface area contributed by atoms with E-state index in [0.717, 1.165) is 24.8 Å². The highest BCUT2D eigenvalue weighted by molar-refractivity contribution is 5.98. The minimum atomic E-state index is -0.381. The molecule has 1 aliphatic heterocycles. The van der Waals surface area contributed by atoms with Crippen molar-refractivity contribution in [2.24, 2.45) is 0 Å². The monoisotopic (exact) mass is 591 g/mol. The molecule has 0 bridgehead atoms. The molecule has 1 fully saturated rings. The van der Waals surface area contributed by atoms with E-state index in [4.69, 9.17) is 19.4 Å². The predicted octanol–water partition coefficient (Wildman–Crippen LogP) is 4.77. The lowest BCUT2D eigenvalue weighted by Gasteiger charge is -2.42. The molecule has 2 N–H and O–H groups in total. The van der Waals surface area contributed by atoms with Crippen LogP contribution in [-0.4, -0.2) is 89.4 Å². The number of nitrogens with zero attached hydrogens (tertiary/aromatic N) is 5. The van der Waals surface area contributed by atoms with Crippen molar-refractivity contribution in [1.29, 1.82) is 0 Å². The number of carbonyl (C=O) groups excluding carboxylic acids is 2. The van der Waals surface area contributed by atoms with E-state index in [1.165, 1.54) is 0 Å². The van der Waals surface area contributed by atoms with Gasteiger partial charge in [0.2, 0.25) is 5.95 Å². The number of amides is 1. The van der Waals surface area contributed by atoms with Gasteiger partial charge in [-0.1, -0.05) is 19.8 Å². The summed E-state index contributed by atoms with van der Waals surface area (Å²) in [5, 5.41) is 6.96. The number of nitrogens with one attached hydrogen (secondary N) is 2. The Morgan fingerprint density at radius 2 is 1.88 bits per heavy atom. The second-order valence-corrected chi connectivity index (χ2v) is 11.8. The normalized spacial score (nSPS) is 14.7. The van der Waals surface area contributed by atoms with E-state index >= 15 is 0 Å². The Kier molecular flexibility index (Phi) is 10.4. The van der Waals surface area contributed by atoms with Gasteiger partial charge in [0.15, 0.2) is 5.82 Å². The Bertz CT molecular complexity index is 1440. The van der Waals surface area contributed by atoms with Gasteiger partial charge in [0.1, 0.15) is 22.8 Å². The van der Waals surface area contributed by atoms with Crippen LogP contribution >= 0.6 is 0 Å². The number of likely N-dealkylation sites (N-methyl/N-ethyl adjacent to an activating group) is 1. The molecule has 2 aromatic heterocycles. The molecule has 0 radical (unpaired) electrons. The summed E-state index contributed by atoms with van der Waals surface area (Å²) in [7, 11) is 7.28. The quantitative estimate of drug-likeness (QED) is 0.256. The van der Waals surface area contributed by atoms with Gasteiger partial charge in [-0.3, -0.25) is 4.79 Å². The molecule has 1 aromatic carbocycles. The fourth-order valence-electron chi connectivity index (χ4n) is 5.16. The van der Waals surface area contributed by atoms with Crippen molar-refractivity contribution in [1.82, 2.24) is 24.8 Å². The summed E-state index contributed by atoms with van der Waals surface area (Å²) in [5.74, 6) is 2.42. The first-order valence-electron chi connectivity index (χ1n) is 14.9. The van der Waals surface area contributed by atoms with Crippen molar-refractivity contribution in [3.63, 3.8) is 0 Å². The third-order valence-corrected chi connectivity index (χ3v) is 8.12. The summed E-state index contributed by atoms with van der Waals surface area (Å²) >= 11 is 0. The van der Waals surface area contributed by atoms with Crippen LogP contribution in [0.2, 0.25) is 0 Å². The molecule has 43 heavy (non-hydrogen) atoms. The fourth-order valence-corrected chi connectivity index (χ4v) is 5.16. The Balaban J connectivity index is 1.68. The van der Waals surface area contributed by atoms with Gasteiger partial charge >= 0.3 is 0 Å². The highest BCUT2D eigenvalue weighted by Gasteiger charge is 2.33. The number of aromatic nitrogens is 3. The van der Waals surface area contributed by atoms with Crippen LogP contribution in [-0.2, 0) is 11.3 Å². The molecule has 0 aliphatic carbocycles. The van der Waals surface area contributed by atoms with Crippen LogP contribution in [0, 0.1) is 0 Å². The lowest BCUT2D eigenvalue weighted by Crippen LogP contribution is -2.59. The summed E-state index contributed by atoms with van der Waals surface area (Å²) in [6, 6.07) is 7.79. The van der Waals surface area contributed by atoms with Gasteiger partial charge in [-0.25, -0.2) is 9.97 Å². The van der Waals surface area contributed by atoms with E-state index in [0.29, 0.717) is 78.4 Å². The minimum Gasteiger partial charge on any atom is -0.497 e. The number of fused-ring (bicyclic) bond motifs is 1. The van der Waals surface area contributed by atoms with E-state index in [-0.39, 0.29) is 17.2 Å². The molecular weight excluding hydrogens is 546 g/mol. The maximum atomic E-state index is 13.3. The SMILES string of the molecule is CCCC[C@](C)(CCC(C)=O)Nc1nc(NCc2ccc(OC)cc2OC)nc2cc(C(=O)N3CC(N(C)C)C3)cnc12. The number of unbranched alkanes of at least 4 members (excludes halogenated alkanes) is 1. The predicted molar refractivity (Wildman–Crippen MR) is 169 cm³/mol. The average molecular weight is 592 g/mol. The van der Waals surface area contributed by atoms with Crippen molar-refractivity contribution in [2.45, 2.75) is 71.0 Å². The number of methoxy groups -OCH3 is 2. The topological polar surface area (TPSA) is 122 Å². The average Bonchev–Trinajstić information content (AvgIpc) is 2.96. The number of anilines is 2. The molecule has 0 saturated carbocycles. The maximum absolute atomic E-state index is 13.3. The highest BCUT2D eigenvalue weighted by atomic mass is 16.5. The Morgan fingerprint density at radius 1 is 1.12 bits per heavy atom. The number of hydrogen-bond donors (Lipinski definition) is 2. The largest absolute Gasteiger partial charge is 0.497 e. The molecule has 0 unspecified atom stereocenters. The molecule has 3 aromatic rings. The lowest BCUT2D eigenvalue weighted by molar-refractivity contribution is -0.117. The van der Waals surface area contributed by atoms with Crippen LogP contribution in [0.4, 0.5) is 11.8 Å². The minimum absolute atomic E-state index is 0.0626. The van der Waals surface area contributed by atoms with E-state index in [2.05, 4.69) is 34.4 Å². The van der Waals surface area contributed by atoms with Crippen LogP contribution in [0.1, 0.15) is 68.8 Å². The zero-order chi connectivity index (χ0) is 31.1. The summed E-state index contributed by atoms with van der Waals surface area (Å²) in [4.78, 5) is 43.4. The van der Waals surface area contributed by atoms with Crippen molar-refractivity contribution >= 4 is 34.5 Å². The second-order valence-electron chi connectivity index (χ2n) is 11.8. The number of ketones is 1.